The molecule has 298 valence electrons. The summed E-state index contributed by atoms with van der Waals surface area (Å²) in [6, 6.07) is 39.4. The van der Waals surface area contributed by atoms with Gasteiger partial charge in [-0.3, -0.25) is 19.3 Å². The Bertz CT molecular complexity index is 2220. The first-order valence-corrected chi connectivity index (χ1v) is 20.1. The van der Waals surface area contributed by atoms with Crippen LogP contribution in [0.15, 0.2) is 132 Å². The number of thioether (sulfide) groups is 1. The summed E-state index contributed by atoms with van der Waals surface area (Å²) in [4.78, 5) is 52.2. The number of benzene rings is 5. The second-order valence-electron chi connectivity index (χ2n) is 14.4. The summed E-state index contributed by atoms with van der Waals surface area (Å²) in [5.74, 6) is -0.272. The molecule has 12 heteroatoms. The normalized spacial score (nSPS) is 20.5. The van der Waals surface area contributed by atoms with Crippen molar-refractivity contribution in [3.05, 3.63) is 155 Å². The molecule has 0 bridgehead atoms. The molecule has 5 aromatic carbocycles. The Morgan fingerprint density at radius 2 is 1.52 bits per heavy atom. The predicted octanol–water partition coefficient (Wildman–Crippen LogP) is 7.94. The maximum Gasteiger partial charge on any atom is 0.408 e. The van der Waals surface area contributed by atoms with Crippen LogP contribution in [0.1, 0.15) is 60.5 Å². The molecule has 2 heterocycles. The number of carbonyl (C=O) groups is 4. The third kappa shape index (κ3) is 10.0. The molecule has 5 aromatic rings. The molecule has 0 spiro atoms. The maximum atomic E-state index is 13.2. The van der Waals surface area contributed by atoms with Gasteiger partial charge in [0.15, 0.2) is 6.29 Å². The highest BCUT2D eigenvalue weighted by Crippen LogP contribution is 2.43. The zero-order valence-corrected chi connectivity index (χ0v) is 33.0. The Morgan fingerprint density at radius 3 is 2.22 bits per heavy atom. The van der Waals surface area contributed by atoms with Crippen molar-refractivity contribution in [2.45, 2.75) is 69.5 Å². The summed E-state index contributed by atoms with van der Waals surface area (Å²) in [6.07, 6.45) is -1.96. The number of amides is 4. The monoisotopic (exact) mass is 799 g/mol. The van der Waals surface area contributed by atoms with Gasteiger partial charge in [-0.25, -0.2) is 4.79 Å². The standard InChI is InChI=1S/C46H45N3O8S/c1-29-41(28-58-39-21-19-38(20-22-39)47-30(2)51)56-45(57-43(29)35-13-11-31(26-50)12-14-35)36-17-15-34(16-18-36)37-10-6-9-33(23-37)25-49-42(52)24-40(44(49)53)48-46(54)55-27-32-7-4-3-5-8-32/h3-23,29,40-41,43,45,50H,24-28H2,1-2H3,(H,47,51)(H,48,54). The lowest BCUT2D eigenvalue weighted by atomic mass is 9.91. The van der Waals surface area contributed by atoms with Crippen molar-refractivity contribution in [2.24, 2.45) is 5.92 Å². The quantitative estimate of drug-likeness (QED) is 0.0799. The summed E-state index contributed by atoms with van der Waals surface area (Å²) >= 11 is 1.68. The molecule has 0 saturated carbocycles. The lowest BCUT2D eigenvalue weighted by Crippen LogP contribution is -2.41. The van der Waals surface area contributed by atoms with Crippen molar-refractivity contribution in [3.63, 3.8) is 0 Å². The van der Waals surface area contributed by atoms with Crippen LogP contribution in [0.5, 0.6) is 0 Å². The van der Waals surface area contributed by atoms with Crippen LogP contribution in [0.3, 0.4) is 0 Å². The Hall–Kier alpha value is -5.79. The number of hydrogen-bond acceptors (Lipinski definition) is 9. The molecule has 4 amide bonds. The number of nitrogens with one attached hydrogen (secondary N) is 2. The van der Waals surface area contributed by atoms with E-state index in [1.165, 1.54) is 11.8 Å². The van der Waals surface area contributed by atoms with Crippen LogP contribution in [0.4, 0.5) is 10.5 Å². The fourth-order valence-corrected chi connectivity index (χ4v) is 8.13. The van der Waals surface area contributed by atoms with E-state index in [4.69, 9.17) is 14.2 Å². The van der Waals surface area contributed by atoms with E-state index in [9.17, 15) is 24.3 Å². The second kappa shape index (κ2) is 18.6. The van der Waals surface area contributed by atoms with Gasteiger partial charge in [0.25, 0.3) is 5.91 Å². The van der Waals surface area contributed by atoms with Crippen LogP contribution in [0.25, 0.3) is 11.1 Å². The molecule has 5 atom stereocenters. The van der Waals surface area contributed by atoms with Gasteiger partial charge in [0.1, 0.15) is 12.6 Å². The molecule has 0 aromatic heterocycles. The van der Waals surface area contributed by atoms with E-state index in [0.717, 1.165) is 49.5 Å². The summed E-state index contributed by atoms with van der Waals surface area (Å²) in [7, 11) is 0. The first-order valence-electron chi connectivity index (χ1n) is 19.2. The first-order chi connectivity index (χ1) is 28.1. The fraction of sp³-hybridized carbons (Fsp3) is 0.261. The van der Waals surface area contributed by atoms with Crippen LogP contribution in [-0.4, -0.2) is 51.7 Å². The number of nitrogens with zero attached hydrogens (tertiary/aromatic N) is 1. The molecule has 11 nitrogen and oxygen atoms in total. The Morgan fingerprint density at radius 1 is 0.810 bits per heavy atom. The number of imide groups is 1. The lowest BCUT2D eigenvalue weighted by Gasteiger charge is -2.41. The first kappa shape index (κ1) is 40.4. The van der Waals surface area contributed by atoms with Crippen LogP contribution in [0.2, 0.25) is 0 Å². The predicted molar refractivity (Wildman–Crippen MR) is 220 cm³/mol. The van der Waals surface area contributed by atoms with Gasteiger partial charge >= 0.3 is 6.09 Å². The van der Waals surface area contributed by atoms with Gasteiger partial charge in [0, 0.05) is 34.7 Å². The Balaban J connectivity index is 1.01. The summed E-state index contributed by atoms with van der Waals surface area (Å²) < 4.78 is 18.6. The van der Waals surface area contributed by atoms with Crippen LogP contribution >= 0.6 is 11.8 Å². The van der Waals surface area contributed by atoms with Gasteiger partial charge in [-0.05, 0) is 63.7 Å². The number of likely N-dealkylation sites (tertiary alicyclic amines) is 1. The SMILES string of the molecule is CC(=O)Nc1ccc(SCC2OC(c3ccc(-c4cccc(CN5C(=O)CC(NC(=O)OCc6ccccc6)C5=O)c4)cc3)OC(c3ccc(CO)cc3)C2C)cc1. The fourth-order valence-electron chi connectivity index (χ4n) is 7.06. The summed E-state index contributed by atoms with van der Waals surface area (Å²) in [6.45, 7) is 3.70. The molecule has 2 saturated heterocycles. The third-order valence-corrected chi connectivity index (χ3v) is 11.3. The van der Waals surface area contributed by atoms with Crippen molar-refractivity contribution in [3.8, 4) is 11.1 Å². The number of aliphatic hydroxyl groups excluding tert-OH is 1. The van der Waals surface area contributed by atoms with Gasteiger partial charge in [0.05, 0.1) is 31.8 Å². The molecule has 2 aliphatic rings. The van der Waals surface area contributed by atoms with Crippen molar-refractivity contribution < 1.29 is 38.5 Å². The number of rotatable bonds is 13. The molecular formula is C46H45N3O8S. The van der Waals surface area contributed by atoms with Gasteiger partial charge in [-0.1, -0.05) is 104 Å². The van der Waals surface area contributed by atoms with Crippen molar-refractivity contribution in [2.75, 3.05) is 11.1 Å². The van der Waals surface area contributed by atoms with Gasteiger partial charge in [-0.2, -0.15) is 0 Å². The van der Waals surface area contributed by atoms with Crippen LogP contribution in [-0.2, 0) is 48.4 Å². The van der Waals surface area contributed by atoms with E-state index < -0.39 is 24.3 Å². The maximum absolute atomic E-state index is 13.2. The largest absolute Gasteiger partial charge is 0.445 e. The molecule has 2 aliphatic heterocycles. The summed E-state index contributed by atoms with van der Waals surface area (Å²) in [5, 5.41) is 15.0. The molecule has 2 fully saturated rings. The minimum atomic E-state index is -0.987. The number of carbonyl (C=O) groups excluding carboxylic acids is 4. The molecule has 0 aliphatic carbocycles. The van der Waals surface area contributed by atoms with E-state index >= 15 is 0 Å². The van der Waals surface area contributed by atoms with E-state index in [0.29, 0.717) is 5.75 Å². The molecule has 3 N–H and O–H groups in total. The van der Waals surface area contributed by atoms with Crippen molar-refractivity contribution >= 4 is 41.3 Å². The van der Waals surface area contributed by atoms with Gasteiger partial charge in [0.2, 0.25) is 11.8 Å². The average molecular weight is 800 g/mol. The number of alkyl carbamates (subject to hydrolysis) is 1. The highest BCUT2D eigenvalue weighted by Gasteiger charge is 2.40. The molecular weight excluding hydrogens is 755 g/mol. The molecule has 58 heavy (non-hydrogen) atoms. The van der Waals surface area contributed by atoms with Gasteiger partial charge in [-0.15, -0.1) is 11.8 Å². The minimum absolute atomic E-state index is 0.0123. The minimum Gasteiger partial charge on any atom is -0.445 e. The second-order valence-corrected chi connectivity index (χ2v) is 15.5. The zero-order valence-electron chi connectivity index (χ0n) is 32.2. The average Bonchev–Trinajstić information content (AvgIpc) is 3.50. The topological polar surface area (TPSA) is 144 Å². The number of ether oxygens (including phenoxy) is 3. The molecule has 7 rings (SSSR count). The summed E-state index contributed by atoms with van der Waals surface area (Å²) in [5.41, 5.74) is 6.84. The number of anilines is 1. The lowest BCUT2D eigenvalue weighted by molar-refractivity contribution is -0.268. The smallest absolute Gasteiger partial charge is 0.408 e. The molecule has 0 radical (unpaired) electrons. The van der Waals surface area contributed by atoms with E-state index in [2.05, 4.69) is 17.6 Å². The van der Waals surface area contributed by atoms with Crippen LogP contribution in [0, 0.1) is 5.92 Å². The Labute approximate surface area is 341 Å². The number of hydrogen-bond donors (Lipinski definition) is 3. The highest BCUT2D eigenvalue weighted by molar-refractivity contribution is 7.99. The highest BCUT2D eigenvalue weighted by atomic mass is 32.2. The van der Waals surface area contributed by atoms with Gasteiger partial charge < -0.3 is 30.0 Å². The zero-order chi connectivity index (χ0) is 40.6. The van der Waals surface area contributed by atoms with E-state index in [-0.39, 0.29) is 56.1 Å². The Kier molecular flexibility index (Phi) is 13.0. The van der Waals surface area contributed by atoms with E-state index in [1.807, 2.05) is 127 Å². The van der Waals surface area contributed by atoms with E-state index in [1.54, 1.807) is 11.8 Å². The van der Waals surface area contributed by atoms with Crippen molar-refractivity contribution in [1.29, 1.82) is 0 Å². The van der Waals surface area contributed by atoms with Crippen LogP contribution < -0.4 is 10.6 Å². The molecule has 5 unspecified atom stereocenters. The van der Waals surface area contributed by atoms with Crippen molar-refractivity contribution in [1.82, 2.24) is 10.2 Å². The third-order valence-electron chi connectivity index (χ3n) is 10.2. The number of aliphatic hydroxyl groups is 1.